The van der Waals surface area contributed by atoms with Crippen LogP contribution in [0.3, 0.4) is 0 Å². The van der Waals surface area contributed by atoms with Gasteiger partial charge in [-0.3, -0.25) is 0 Å². The van der Waals surface area contributed by atoms with Crippen LogP contribution in [0.15, 0.2) is 54.6 Å². The monoisotopic (exact) mass is 629 g/mol. The van der Waals surface area contributed by atoms with Crippen molar-refractivity contribution in [3.8, 4) is 45.7 Å². The molecule has 0 aliphatic carbocycles. The number of phenols is 1. The van der Waals surface area contributed by atoms with Crippen molar-refractivity contribution in [1.82, 2.24) is 15.0 Å². The number of halogens is 1. The first-order valence-corrected chi connectivity index (χ1v) is 14.5. The van der Waals surface area contributed by atoms with Crippen molar-refractivity contribution < 1.29 is 46.0 Å². The van der Waals surface area contributed by atoms with Crippen LogP contribution in [0.2, 0.25) is 0 Å². The minimum absolute atomic E-state index is 0.120. The second-order valence-corrected chi connectivity index (χ2v) is 10.8. The number of aliphatic hydroxyl groups excluding tert-OH is 1. The molecular formula is C28H28IN3O6. The van der Waals surface area contributed by atoms with E-state index in [0.717, 1.165) is 33.4 Å². The molecule has 4 aromatic rings. The average Bonchev–Trinajstić information content (AvgIpc) is 2.86. The molecule has 0 amide bonds. The summed E-state index contributed by atoms with van der Waals surface area (Å²) in [5, 5.41) is 20.7. The number of ether oxygens (including phenoxy) is 1. The van der Waals surface area contributed by atoms with Crippen LogP contribution in [0, 0.1) is 27.7 Å². The highest BCUT2D eigenvalue weighted by atomic mass is 127. The standard InChI is InChI=1S/C28H28IN3O6/c1-16-5-8-22(18(3)11-16)26-30-27(23-9-6-17(2)12-19(23)4)32-28(31-26)24-10-7-21(13-25(24)34)37-14-20(33)15-38-29(35)36/h5-13,20,33-34H,14-15H2,1-4H3. The van der Waals surface area contributed by atoms with E-state index in [0.29, 0.717) is 23.0 Å². The third kappa shape index (κ3) is 6.83. The van der Waals surface area contributed by atoms with Gasteiger partial charge in [-0.2, -0.15) is 0 Å². The second-order valence-electron chi connectivity index (χ2n) is 9.05. The van der Waals surface area contributed by atoms with Crippen molar-refractivity contribution in [2.24, 2.45) is 0 Å². The van der Waals surface area contributed by atoms with E-state index in [1.54, 1.807) is 12.1 Å². The van der Waals surface area contributed by atoms with Crippen molar-refractivity contribution >= 4 is 0 Å². The molecule has 2 N–H and O–H groups in total. The summed E-state index contributed by atoms with van der Waals surface area (Å²) in [6, 6.07) is 16.7. The molecule has 1 heterocycles. The first kappa shape index (κ1) is 27.9. The summed E-state index contributed by atoms with van der Waals surface area (Å²) in [4.78, 5) is 14.2. The molecule has 1 unspecified atom stereocenters. The molecule has 0 radical (unpaired) electrons. The maximum atomic E-state index is 10.8. The van der Waals surface area contributed by atoms with E-state index in [1.165, 1.54) is 6.07 Å². The molecule has 1 aromatic heterocycles. The SMILES string of the molecule is Cc1ccc(-c2nc(-c3ccc(C)cc3C)nc(-c3ccc(OCC(O)CO[I+2]([O-])[O-])cc3O)n2)c(C)c1. The molecule has 9 nitrogen and oxygen atoms in total. The van der Waals surface area contributed by atoms with E-state index in [1.807, 2.05) is 52.0 Å². The van der Waals surface area contributed by atoms with E-state index >= 15 is 0 Å². The molecule has 0 fully saturated rings. The summed E-state index contributed by atoms with van der Waals surface area (Å²) in [5.74, 6) is 1.44. The molecule has 4 rings (SSSR count). The zero-order valence-corrected chi connectivity index (χ0v) is 23.6. The largest absolute Gasteiger partial charge is 0.507 e. The fraction of sp³-hybridized carbons (Fsp3) is 0.250. The second kappa shape index (κ2) is 12.1. The first-order valence-electron chi connectivity index (χ1n) is 11.8. The summed E-state index contributed by atoms with van der Waals surface area (Å²) in [6.45, 7) is 7.47. The molecule has 0 aliphatic heterocycles. The number of nitrogens with zero attached hydrogens (tertiary/aromatic N) is 3. The van der Waals surface area contributed by atoms with Gasteiger partial charge in [0.25, 0.3) is 0 Å². The molecule has 10 heteroatoms. The Labute approximate surface area is 229 Å². The molecule has 0 saturated carbocycles. The fourth-order valence-corrected chi connectivity index (χ4v) is 4.73. The van der Waals surface area contributed by atoms with Crippen LogP contribution in [-0.4, -0.2) is 44.5 Å². The number of aromatic hydroxyl groups is 1. The van der Waals surface area contributed by atoms with Gasteiger partial charge in [0.05, 0.1) is 5.56 Å². The normalized spacial score (nSPS) is 12.1. The van der Waals surface area contributed by atoms with Gasteiger partial charge in [-0.1, -0.05) is 47.5 Å². The van der Waals surface area contributed by atoms with Crippen LogP contribution in [-0.2, 0) is 3.07 Å². The topological polar surface area (TPSA) is 144 Å². The number of benzene rings is 3. The lowest BCUT2D eigenvalue weighted by molar-refractivity contribution is -1.63. The van der Waals surface area contributed by atoms with E-state index in [2.05, 4.69) is 15.2 Å². The molecule has 0 saturated heterocycles. The van der Waals surface area contributed by atoms with Gasteiger partial charge < -0.3 is 21.8 Å². The predicted octanol–water partition coefficient (Wildman–Crippen LogP) is -0.342. The predicted molar refractivity (Wildman–Crippen MR) is 134 cm³/mol. The molecule has 198 valence electrons. The van der Waals surface area contributed by atoms with Crippen LogP contribution in [0.4, 0.5) is 0 Å². The lowest BCUT2D eigenvalue weighted by Crippen LogP contribution is -3.99. The van der Waals surface area contributed by atoms with Crippen molar-refractivity contribution in [1.29, 1.82) is 0 Å². The fourth-order valence-electron chi connectivity index (χ4n) is 4.02. The van der Waals surface area contributed by atoms with Crippen LogP contribution < -0.4 is 32.7 Å². The highest BCUT2D eigenvalue weighted by Crippen LogP contribution is 2.34. The molecule has 1 atom stereocenters. The van der Waals surface area contributed by atoms with Gasteiger partial charge in [0.1, 0.15) is 24.2 Å². The lowest BCUT2D eigenvalue weighted by atomic mass is 10.0. The Morgan fingerprint density at radius 2 is 1.24 bits per heavy atom. The minimum Gasteiger partial charge on any atom is -0.507 e. The number of phenolic OH excluding ortho intramolecular Hbond substituents is 1. The highest BCUT2D eigenvalue weighted by molar-refractivity contribution is 5.72. The number of aryl methyl sites for hydroxylation is 4. The van der Waals surface area contributed by atoms with Crippen molar-refractivity contribution in [3.05, 3.63) is 76.9 Å². The number of rotatable bonds is 9. The molecule has 0 spiro atoms. The minimum atomic E-state index is -3.87. The Morgan fingerprint density at radius 3 is 1.71 bits per heavy atom. The Bertz CT molecular complexity index is 1380. The number of hydrogen-bond donors (Lipinski definition) is 2. The van der Waals surface area contributed by atoms with Gasteiger partial charge in [0, 0.05) is 17.2 Å². The smallest absolute Gasteiger partial charge is 0.506 e. The van der Waals surface area contributed by atoms with Crippen molar-refractivity contribution in [3.63, 3.8) is 0 Å². The Balaban J connectivity index is 1.72. The van der Waals surface area contributed by atoms with Gasteiger partial charge >= 0.3 is 21.1 Å². The van der Waals surface area contributed by atoms with E-state index in [9.17, 15) is 17.1 Å². The maximum absolute atomic E-state index is 10.8. The van der Waals surface area contributed by atoms with E-state index in [4.69, 9.17) is 19.7 Å². The van der Waals surface area contributed by atoms with Crippen LogP contribution in [0.5, 0.6) is 11.5 Å². The Kier molecular flexibility index (Phi) is 8.90. The van der Waals surface area contributed by atoms with Crippen LogP contribution >= 0.6 is 0 Å². The molecule has 0 aliphatic rings. The summed E-state index contributed by atoms with van der Waals surface area (Å²) < 4.78 is 31.1. The lowest BCUT2D eigenvalue weighted by Gasteiger charge is -2.13. The van der Waals surface area contributed by atoms with Crippen molar-refractivity contribution in [2.45, 2.75) is 33.8 Å². The molecular weight excluding hydrogens is 601 g/mol. The average molecular weight is 629 g/mol. The van der Waals surface area contributed by atoms with Gasteiger partial charge in [0.15, 0.2) is 24.1 Å². The Morgan fingerprint density at radius 1 is 0.737 bits per heavy atom. The first-order chi connectivity index (χ1) is 18.1. The van der Waals surface area contributed by atoms with Crippen LogP contribution in [0.25, 0.3) is 34.2 Å². The number of aromatic nitrogens is 3. The summed E-state index contributed by atoms with van der Waals surface area (Å²) in [6.07, 6.45) is -1.14. The van der Waals surface area contributed by atoms with Gasteiger partial charge in [0.2, 0.25) is 0 Å². The van der Waals surface area contributed by atoms with E-state index < -0.39 is 27.2 Å². The summed E-state index contributed by atoms with van der Waals surface area (Å²) >= 11 is -3.87. The molecule has 0 bridgehead atoms. The molecule has 38 heavy (non-hydrogen) atoms. The number of aliphatic hydroxyl groups is 1. The van der Waals surface area contributed by atoms with Gasteiger partial charge in [-0.15, -0.1) is 0 Å². The summed E-state index contributed by atoms with van der Waals surface area (Å²) in [5.41, 5.74) is 6.41. The zero-order valence-electron chi connectivity index (χ0n) is 21.4. The third-order valence-electron chi connectivity index (χ3n) is 5.88. The quantitative estimate of drug-likeness (QED) is 0.238. The van der Waals surface area contributed by atoms with Crippen molar-refractivity contribution in [2.75, 3.05) is 13.2 Å². The van der Waals surface area contributed by atoms with Crippen LogP contribution in [0.1, 0.15) is 22.3 Å². The Hall–Kier alpha value is -3.16. The molecule has 3 aromatic carbocycles. The third-order valence-corrected chi connectivity index (χ3v) is 6.75. The summed E-state index contributed by atoms with van der Waals surface area (Å²) in [7, 11) is 0. The van der Waals surface area contributed by atoms with E-state index in [-0.39, 0.29) is 24.7 Å². The van der Waals surface area contributed by atoms with Gasteiger partial charge in [-0.05, 0) is 54.0 Å². The zero-order chi connectivity index (χ0) is 27.4. The maximum Gasteiger partial charge on any atom is 0.506 e. The highest BCUT2D eigenvalue weighted by Gasteiger charge is 2.19. The van der Waals surface area contributed by atoms with Gasteiger partial charge in [-0.25, -0.2) is 15.0 Å². The number of hydrogen-bond acceptors (Lipinski definition) is 9.